The summed E-state index contributed by atoms with van der Waals surface area (Å²) in [6.07, 6.45) is 5.52. The summed E-state index contributed by atoms with van der Waals surface area (Å²) >= 11 is 0. The molecule has 2 aliphatic rings. The Morgan fingerprint density at radius 3 is 2.94 bits per heavy atom. The minimum absolute atomic E-state index is 0.0503. The first-order chi connectivity index (χ1) is 8.36. The summed E-state index contributed by atoms with van der Waals surface area (Å²) in [6.45, 7) is 1.47. The van der Waals surface area contributed by atoms with E-state index in [0.29, 0.717) is 5.78 Å². The Labute approximate surface area is 101 Å². The van der Waals surface area contributed by atoms with Crippen molar-refractivity contribution >= 4 is 5.78 Å². The van der Waals surface area contributed by atoms with Crippen LogP contribution in [0.5, 0.6) is 0 Å². The van der Waals surface area contributed by atoms with Gasteiger partial charge in [0.15, 0.2) is 0 Å². The monoisotopic (exact) mass is 231 g/mol. The zero-order valence-corrected chi connectivity index (χ0v) is 9.89. The number of rotatable bonds is 2. The van der Waals surface area contributed by atoms with Crippen LogP contribution >= 0.6 is 0 Å². The maximum absolute atomic E-state index is 12.5. The standard InChI is InChI=1S/C14H17NO2/c16-14(11-5-8-17-9-6-11)12-4-3-10-2-1-7-15-13(10)12/h1-2,7,11-12H,3-6,8-9H2. The van der Waals surface area contributed by atoms with Gasteiger partial charge in [-0.1, -0.05) is 6.07 Å². The van der Waals surface area contributed by atoms with Gasteiger partial charge in [-0.2, -0.15) is 0 Å². The maximum atomic E-state index is 12.5. The fourth-order valence-electron chi connectivity index (χ4n) is 2.96. The molecule has 3 heteroatoms. The predicted octanol–water partition coefficient (Wildman–Crippen LogP) is 2.11. The number of Topliss-reactive ketones (excluding diaryl/α,β-unsaturated/α-hetero) is 1. The summed E-state index contributed by atoms with van der Waals surface area (Å²) in [6, 6.07) is 4.06. The van der Waals surface area contributed by atoms with Gasteiger partial charge in [0.25, 0.3) is 0 Å². The molecule has 17 heavy (non-hydrogen) atoms. The van der Waals surface area contributed by atoms with Crippen molar-refractivity contribution in [2.75, 3.05) is 13.2 Å². The lowest BCUT2D eigenvalue weighted by Crippen LogP contribution is -2.27. The highest BCUT2D eigenvalue weighted by Gasteiger charge is 2.34. The molecule has 1 unspecified atom stereocenters. The molecule has 1 aliphatic heterocycles. The van der Waals surface area contributed by atoms with E-state index >= 15 is 0 Å². The largest absolute Gasteiger partial charge is 0.381 e. The van der Waals surface area contributed by atoms with Crippen LogP contribution in [0.1, 0.15) is 36.4 Å². The second-order valence-corrected chi connectivity index (χ2v) is 4.93. The molecule has 0 amide bonds. The average Bonchev–Trinajstić information content (AvgIpc) is 2.83. The van der Waals surface area contributed by atoms with Crippen LogP contribution in [-0.4, -0.2) is 24.0 Å². The van der Waals surface area contributed by atoms with Crippen LogP contribution < -0.4 is 0 Å². The number of fused-ring (bicyclic) bond motifs is 1. The topological polar surface area (TPSA) is 39.2 Å². The van der Waals surface area contributed by atoms with Crippen LogP contribution in [-0.2, 0) is 16.0 Å². The summed E-state index contributed by atoms with van der Waals surface area (Å²) in [5.41, 5.74) is 2.29. The third-order valence-corrected chi connectivity index (χ3v) is 3.93. The minimum Gasteiger partial charge on any atom is -0.381 e. The van der Waals surface area contributed by atoms with Gasteiger partial charge in [0.05, 0.1) is 11.6 Å². The first-order valence-electron chi connectivity index (χ1n) is 6.41. The Kier molecular flexibility index (Phi) is 2.93. The van der Waals surface area contributed by atoms with Gasteiger partial charge in [-0.05, 0) is 37.3 Å². The minimum atomic E-state index is 0.0503. The maximum Gasteiger partial charge on any atom is 0.145 e. The van der Waals surface area contributed by atoms with Crippen molar-refractivity contribution in [3.63, 3.8) is 0 Å². The number of hydrogen-bond donors (Lipinski definition) is 0. The zero-order valence-electron chi connectivity index (χ0n) is 9.89. The molecule has 2 heterocycles. The van der Waals surface area contributed by atoms with Gasteiger partial charge in [0, 0.05) is 25.3 Å². The fourth-order valence-corrected chi connectivity index (χ4v) is 2.96. The number of pyridine rings is 1. The third-order valence-electron chi connectivity index (χ3n) is 3.93. The van der Waals surface area contributed by atoms with Crippen molar-refractivity contribution in [2.45, 2.75) is 31.6 Å². The summed E-state index contributed by atoms with van der Waals surface area (Å²) in [5.74, 6) is 0.641. The molecule has 1 fully saturated rings. The number of carbonyl (C=O) groups excluding carboxylic acids is 1. The van der Waals surface area contributed by atoms with Crippen molar-refractivity contribution < 1.29 is 9.53 Å². The Morgan fingerprint density at radius 2 is 2.12 bits per heavy atom. The van der Waals surface area contributed by atoms with E-state index < -0.39 is 0 Å². The average molecular weight is 231 g/mol. The van der Waals surface area contributed by atoms with Crippen LogP contribution in [0.2, 0.25) is 0 Å². The Hall–Kier alpha value is -1.22. The number of aryl methyl sites for hydroxylation is 1. The second kappa shape index (κ2) is 4.57. The molecule has 1 atom stereocenters. The molecule has 0 N–H and O–H groups in total. The predicted molar refractivity (Wildman–Crippen MR) is 63.8 cm³/mol. The molecule has 3 nitrogen and oxygen atoms in total. The molecule has 1 aromatic rings. The Bertz CT molecular complexity index is 424. The smallest absolute Gasteiger partial charge is 0.145 e. The van der Waals surface area contributed by atoms with E-state index in [-0.39, 0.29) is 11.8 Å². The Morgan fingerprint density at radius 1 is 1.29 bits per heavy atom. The van der Waals surface area contributed by atoms with E-state index in [1.807, 2.05) is 6.07 Å². The van der Waals surface area contributed by atoms with Crippen molar-refractivity contribution in [3.05, 3.63) is 29.6 Å². The number of ketones is 1. The molecule has 0 saturated carbocycles. The first-order valence-corrected chi connectivity index (χ1v) is 6.41. The van der Waals surface area contributed by atoms with Crippen LogP contribution in [0.25, 0.3) is 0 Å². The summed E-state index contributed by atoms with van der Waals surface area (Å²) < 4.78 is 5.31. The van der Waals surface area contributed by atoms with Crippen LogP contribution in [0, 0.1) is 5.92 Å². The van der Waals surface area contributed by atoms with E-state index in [4.69, 9.17) is 4.74 Å². The normalized spacial score (nSPS) is 24.6. The van der Waals surface area contributed by atoms with Crippen molar-refractivity contribution in [1.29, 1.82) is 0 Å². The number of nitrogens with zero attached hydrogens (tertiary/aromatic N) is 1. The molecule has 3 rings (SSSR count). The van der Waals surface area contributed by atoms with Crippen LogP contribution in [0.4, 0.5) is 0 Å². The van der Waals surface area contributed by atoms with E-state index in [0.717, 1.165) is 44.6 Å². The van der Waals surface area contributed by atoms with Crippen molar-refractivity contribution in [3.8, 4) is 0 Å². The van der Waals surface area contributed by atoms with Crippen molar-refractivity contribution in [2.24, 2.45) is 5.92 Å². The van der Waals surface area contributed by atoms with E-state index in [2.05, 4.69) is 11.1 Å². The molecular weight excluding hydrogens is 214 g/mol. The number of carbonyl (C=O) groups is 1. The van der Waals surface area contributed by atoms with Gasteiger partial charge in [-0.25, -0.2) is 0 Å². The zero-order chi connectivity index (χ0) is 11.7. The highest BCUT2D eigenvalue weighted by molar-refractivity contribution is 5.88. The van der Waals surface area contributed by atoms with Gasteiger partial charge in [0.2, 0.25) is 0 Å². The van der Waals surface area contributed by atoms with Crippen LogP contribution in [0.15, 0.2) is 18.3 Å². The van der Waals surface area contributed by atoms with Gasteiger partial charge in [-0.3, -0.25) is 9.78 Å². The lowest BCUT2D eigenvalue weighted by atomic mass is 9.86. The SMILES string of the molecule is O=C(C1CCOCC1)C1CCc2cccnc21. The lowest BCUT2D eigenvalue weighted by Gasteiger charge is -2.23. The highest BCUT2D eigenvalue weighted by atomic mass is 16.5. The molecule has 0 radical (unpaired) electrons. The second-order valence-electron chi connectivity index (χ2n) is 4.93. The van der Waals surface area contributed by atoms with E-state index in [1.165, 1.54) is 5.56 Å². The molecule has 0 spiro atoms. The lowest BCUT2D eigenvalue weighted by molar-refractivity contribution is -0.127. The highest BCUT2D eigenvalue weighted by Crippen LogP contribution is 2.35. The molecule has 0 aromatic carbocycles. The molecule has 1 aromatic heterocycles. The number of ether oxygens (including phenoxy) is 1. The van der Waals surface area contributed by atoms with Gasteiger partial charge in [-0.15, -0.1) is 0 Å². The van der Waals surface area contributed by atoms with E-state index in [9.17, 15) is 4.79 Å². The van der Waals surface area contributed by atoms with Gasteiger partial charge >= 0.3 is 0 Å². The summed E-state index contributed by atoms with van der Waals surface area (Å²) in [4.78, 5) is 16.9. The van der Waals surface area contributed by atoms with E-state index in [1.54, 1.807) is 6.20 Å². The molecule has 1 aliphatic carbocycles. The Balaban J connectivity index is 1.79. The van der Waals surface area contributed by atoms with Crippen LogP contribution in [0.3, 0.4) is 0 Å². The summed E-state index contributed by atoms with van der Waals surface area (Å²) in [5, 5.41) is 0. The molecule has 90 valence electrons. The van der Waals surface area contributed by atoms with Gasteiger partial charge < -0.3 is 4.74 Å². The molecule has 0 bridgehead atoms. The number of hydrogen-bond acceptors (Lipinski definition) is 3. The first kappa shape index (κ1) is 10.9. The number of aromatic nitrogens is 1. The van der Waals surface area contributed by atoms with Crippen molar-refractivity contribution in [1.82, 2.24) is 4.98 Å². The fraction of sp³-hybridized carbons (Fsp3) is 0.571. The molecular formula is C14H17NO2. The third kappa shape index (κ3) is 2.00. The quantitative estimate of drug-likeness (QED) is 0.782. The molecule has 1 saturated heterocycles. The summed E-state index contributed by atoms with van der Waals surface area (Å²) in [7, 11) is 0. The van der Waals surface area contributed by atoms with Gasteiger partial charge in [0.1, 0.15) is 5.78 Å².